The third-order valence-corrected chi connectivity index (χ3v) is 5.52. The standard InChI is InChI=1S/C17H20F2N2O/c1-2-20-14-5-3-4-6-15(14)21(16(20)22)10-11-7-8-12-13(9-11)17(12,18)19/h3-6,11-13H,2,7-10H2,1H3. The average molecular weight is 306 g/mol. The lowest BCUT2D eigenvalue weighted by atomic mass is 9.89. The normalized spacial score (nSPS) is 29.5. The average Bonchev–Trinajstić information content (AvgIpc) is 2.95. The summed E-state index contributed by atoms with van der Waals surface area (Å²) in [4.78, 5) is 12.6. The van der Waals surface area contributed by atoms with Crippen molar-refractivity contribution in [3.63, 3.8) is 0 Å². The summed E-state index contributed by atoms with van der Waals surface area (Å²) in [5, 5.41) is 0. The van der Waals surface area contributed by atoms with E-state index in [1.165, 1.54) is 0 Å². The lowest BCUT2D eigenvalue weighted by molar-refractivity contribution is 0.0841. The maximum Gasteiger partial charge on any atom is 0.329 e. The predicted octanol–water partition coefficient (Wildman–Crippen LogP) is 3.50. The van der Waals surface area contributed by atoms with Crippen LogP contribution in [0.4, 0.5) is 8.78 Å². The van der Waals surface area contributed by atoms with Crippen LogP contribution in [0, 0.1) is 17.8 Å². The smallest absolute Gasteiger partial charge is 0.292 e. The van der Waals surface area contributed by atoms with E-state index in [1.54, 1.807) is 9.13 Å². The highest BCUT2D eigenvalue weighted by Crippen LogP contribution is 2.63. The second kappa shape index (κ2) is 4.67. The van der Waals surface area contributed by atoms with E-state index in [2.05, 4.69) is 0 Å². The van der Waals surface area contributed by atoms with Crippen LogP contribution < -0.4 is 5.69 Å². The third-order valence-electron chi connectivity index (χ3n) is 5.52. The molecule has 2 aliphatic carbocycles. The fourth-order valence-corrected chi connectivity index (χ4v) is 4.25. The number of nitrogens with zero attached hydrogens (tertiary/aromatic N) is 2. The van der Waals surface area contributed by atoms with Crippen LogP contribution in [0.1, 0.15) is 26.2 Å². The van der Waals surface area contributed by atoms with Crippen LogP contribution in [0.2, 0.25) is 0 Å². The Hall–Kier alpha value is -1.65. The van der Waals surface area contributed by atoms with Crippen molar-refractivity contribution < 1.29 is 8.78 Å². The molecule has 0 bridgehead atoms. The summed E-state index contributed by atoms with van der Waals surface area (Å²) in [5.41, 5.74) is 1.83. The van der Waals surface area contributed by atoms with E-state index in [0.29, 0.717) is 25.9 Å². The first-order chi connectivity index (χ1) is 10.5. The molecule has 0 N–H and O–H groups in total. The Morgan fingerprint density at radius 3 is 2.45 bits per heavy atom. The highest BCUT2D eigenvalue weighted by Gasteiger charge is 2.68. The Kier molecular flexibility index (Phi) is 2.97. The van der Waals surface area contributed by atoms with Crippen LogP contribution in [0.25, 0.3) is 11.0 Å². The fourth-order valence-electron chi connectivity index (χ4n) is 4.25. The van der Waals surface area contributed by atoms with E-state index in [0.717, 1.165) is 17.5 Å². The molecule has 0 spiro atoms. The number of para-hydroxylation sites is 2. The number of fused-ring (bicyclic) bond motifs is 2. The highest BCUT2D eigenvalue weighted by atomic mass is 19.3. The van der Waals surface area contributed by atoms with Gasteiger partial charge in [0.2, 0.25) is 0 Å². The van der Waals surface area contributed by atoms with Crippen molar-refractivity contribution in [1.29, 1.82) is 0 Å². The number of rotatable bonds is 3. The largest absolute Gasteiger partial charge is 0.329 e. The number of benzene rings is 1. The molecule has 3 atom stereocenters. The van der Waals surface area contributed by atoms with E-state index in [1.807, 2.05) is 31.2 Å². The Labute approximate surface area is 127 Å². The van der Waals surface area contributed by atoms with Crippen LogP contribution >= 0.6 is 0 Å². The van der Waals surface area contributed by atoms with Crippen molar-refractivity contribution in [3.05, 3.63) is 34.7 Å². The summed E-state index contributed by atoms with van der Waals surface area (Å²) in [7, 11) is 0. The molecule has 3 nitrogen and oxygen atoms in total. The summed E-state index contributed by atoms with van der Waals surface area (Å²) in [6, 6.07) is 7.74. The van der Waals surface area contributed by atoms with Gasteiger partial charge in [0.25, 0.3) is 5.92 Å². The second-order valence-electron chi connectivity index (χ2n) is 6.69. The number of aromatic nitrogens is 2. The molecule has 118 valence electrons. The van der Waals surface area contributed by atoms with Gasteiger partial charge >= 0.3 is 5.69 Å². The van der Waals surface area contributed by atoms with E-state index >= 15 is 0 Å². The van der Waals surface area contributed by atoms with Gasteiger partial charge < -0.3 is 0 Å². The molecule has 2 aromatic rings. The summed E-state index contributed by atoms with van der Waals surface area (Å²) < 4.78 is 30.6. The predicted molar refractivity (Wildman–Crippen MR) is 81.1 cm³/mol. The summed E-state index contributed by atoms with van der Waals surface area (Å²) in [5.74, 6) is -3.10. The first kappa shape index (κ1) is 14.0. The van der Waals surface area contributed by atoms with Gasteiger partial charge in [-0.3, -0.25) is 9.13 Å². The molecular weight excluding hydrogens is 286 g/mol. The van der Waals surface area contributed by atoms with Crippen LogP contribution in [0.5, 0.6) is 0 Å². The van der Waals surface area contributed by atoms with Crippen molar-refractivity contribution in [2.45, 2.75) is 45.2 Å². The molecule has 5 heteroatoms. The van der Waals surface area contributed by atoms with Gasteiger partial charge in [0, 0.05) is 24.9 Å². The van der Waals surface area contributed by atoms with Crippen LogP contribution in [0.15, 0.2) is 29.1 Å². The first-order valence-electron chi connectivity index (χ1n) is 8.10. The molecule has 1 aromatic carbocycles. The zero-order valence-corrected chi connectivity index (χ0v) is 12.6. The first-order valence-corrected chi connectivity index (χ1v) is 8.10. The van der Waals surface area contributed by atoms with Crippen molar-refractivity contribution in [3.8, 4) is 0 Å². The number of hydrogen-bond donors (Lipinski definition) is 0. The van der Waals surface area contributed by atoms with E-state index in [9.17, 15) is 13.6 Å². The molecule has 0 saturated heterocycles. The molecule has 2 fully saturated rings. The van der Waals surface area contributed by atoms with Gasteiger partial charge in [-0.15, -0.1) is 0 Å². The van der Waals surface area contributed by atoms with Gasteiger partial charge in [0.15, 0.2) is 0 Å². The number of hydrogen-bond acceptors (Lipinski definition) is 1. The van der Waals surface area contributed by atoms with Crippen LogP contribution in [-0.2, 0) is 13.1 Å². The SMILES string of the molecule is CCn1c(=O)n(CC2CCC3C(C2)C3(F)F)c2ccccc21. The van der Waals surface area contributed by atoms with Gasteiger partial charge in [-0.2, -0.15) is 0 Å². The van der Waals surface area contributed by atoms with Gasteiger partial charge in [-0.05, 0) is 44.2 Å². The molecule has 0 aliphatic heterocycles. The van der Waals surface area contributed by atoms with Crippen molar-refractivity contribution >= 4 is 11.0 Å². The van der Waals surface area contributed by atoms with Crippen molar-refractivity contribution in [2.24, 2.45) is 17.8 Å². The summed E-state index contributed by atoms with van der Waals surface area (Å²) >= 11 is 0. The van der Waals surface area contributed by atoms with E-state index in [-0.39, 0.29) is 11.6 Å². The van der Waals surface area contributed by atoms with Crippen LogP contribution in [-0.4, -0.2) is 15.1 Å². The number of imidazole rings is 1. The Morgan fingerprint density at radius 2 is 1.82 bits per heavy atom. The van der Waals surface area contributed by atoms with E-state index < -0.39 is 17.8 Å². The third kappa shape index (κ3) is 1.87. The fraction of sp³-hybridized carbons (Fsp3) is 0.588. The van der Waals surface area contributed by atoms with E-state index in [4.69, 9.17) is 0 Å². The van der Waals surface area contributed by atoms with Gasteiger partial charge in [-0.25, -0.2) is 13.6 Å². The second-order valence-corrected chi connectivity index (χ2v) is 6.69. The number of halogens is 2. The molecule has 1 heterocycles. The van der Waals surface area contributed by atoms with Gasteiger partial charge in [-0.1, -0.05) is 12.1 Å². The lowest BCUT2D eigenvalue weighted by Gasteiger charge is -2.20. The Balaban J connectivity index is 1.65. The monoisotopic (exact) mass is 306 g/mol. The molecule has 4 rings (SSSR count). The Bertz CT molecular complexity index is 777. The highest BCUT2D eigenvalue weighted by molar-refractivity contribution is 5.75. The maximum absolute atomic E-state index is 13.5. The zero-order valence-electron chi connectivity index (χ0n) is 12.6. The molecule has 22 heavy (non-hydrogen) atoms. The van der Waals surface area contributed by atoms with Crippen molar-refractivity contribution in [1.82, 2.24) is 9.13 Å². The van der Waals surface area contributed by atoms with Gasteiger partial charge in [0.1, 0.15) is 0 Å². The molecule has 2 saturated carbocycles. The maximum atomic E-state index is 13.5. The molecule has 0 amide bonds. The minimum Gasteiger partial charge on any atom is -0.292 e. The molecular formula is C17H20F2N2O. The quantitative estimate of drug-likeness (QED) is 0.852. The Morgan fingerprint density at radius 1 is 1.14 bits per heavy atom. The minimum absolute atomic E-state index is 0.0200. The topological polar surface area (TPSA) is 26.9 Å². The summed E-state index contributed by atoms with van der Waals surface area (Å²) in [6.07, 6.45) is 1.95. The van der Waals surface area contributed by atoms with Gasteiger partial charge in [0.05, 0.1) is 11.0 Å². The van der Waals surface area contributed by atoms with Crippen LogP contribution in [0.3, 0.4) is 0 Å². The molecule has 3 unspecified atom stereocenters. The zero-order chi connectivity index (χ0) is 15.5. The summed E-state index contributed by atoms with van der Waals surface area (Å²) in [6.45, 7) is 3.14. The molecule has 0 radical (unpaired) electrons. The molecule has 1 aromatic heterocycles. The molecule has 2 aliphatic rings. The number of aryl methyl sites for hydroxylation is 1. The van der Waals surface area contributed by atoms with Crippen molar-refractivity contribution in [2.75, 3.05) is 0 Å². The lowest BCUT2D eigenvalue weighted by Crippen LogP contribution is -2.27. The number of alkyl halides is 2. The minimum atomic E-state index is -2.45.